The van der Waals surface area contributed by atoms with Crippen LogP contribution < -0.4 is 5.43 Å². The molecule has 0 fully saturated rings. The Morgan fingerprint density at radius 3 is 2.83 bits per heavy atom. The minimum Gasteiger partial charge on any atom is -0.455 e. The fourth-order valence-corrected chi connectivity index (χ4v) is 3.76. The Balaban J connectivity index is 1.47. The van der Waals surface area contributed by atoms with Crippen LogP contribution in [0.2, 0.25) is 0 Å². The zero-order valence-electron chi connectivity index (χ0n) is 15.2. The first kappa shape index (κ1) is 19.0. The first-order valence-corrected chi connectivity index (χ1v) is 9.47. The number of rotatable bonds is 5. The Morgan fingerprint density at radius 2 is 2.03 bits per heavy atom. The minimum absolute atomic E-state index is 0.0307. The first-order chi connectivity index (χ1) is 14.5. The summed E-state index contributed by atoms with van der Waals surface area (Å²) in [6.45, 7) is 0. The summed E-state index contributed by atoms with van der Waals surface area (Å²) in [5, 5.41) is 24.6. The summed E-state index contributed by atoms with van der Waals surface area (Å²) >= 11 is 1.21. The van der Waals surface area contributed by atoms with E-state index in [0.717, 1.165) is 4.70 Å². The second-order valence-electron chi connectivity index (χ2n) is 6.15. The van der Waals surface area contributed by atoms with E-state index in [2.05, 4.69) is 16.6 Å². The summed E-state index contributed by atoms with van der Waals surface area (Å²) in [7, 11) is 0. The molecule has 2 aromatic carbocycles. The highest BCUT2D eigenvalue weighted by atomic mass is 32.1. The van der Waals surface area contributed by atoms with Crippen LogP contribution in [0.15, 0.2) is 70.2 Å². The highest BCUT2D eigenvalue weighted by Crippen LogP contribution is 2.29. The normalized spacial score (nSPS) is 10.9. The van der Waals surface area contributed by atoms with Crippen molar-refractivity contribution in [3.63, 3.8) is 0 Å². The number of carbonyl (C=O) groups is 1. The number of furan rings is 1. The lowest BCUT2D eigenvalue weighted by Crippen LogP contribution is -2.15. The minimum atomic E-state index is -0.478. The van der Waals surface area contributed by atoms with Gasteiger partial charge in [0, 0.05) is 27.8 Å². The third kappa shape index (κ3) is 3.80. The zero-order chi connectivity index (χ0) is 21.1. The summed E-state index contributed by atoms with van der Waals surface area (Å²) in [5.41, 5.74) is 3.54. The molecule has 0 aliphatic heterocycles. The number of nitro benzene ring substituents is 1. The fourth-order valence-electron chi connectivity index (χ4n) is 2.83. The van der Waals surface area contributed by atoms with Crippen molar-refractivity contribution < 1.29 is 14.1 Å². The highest BCUT2D eigenvalue weighted by molar-refractivity contribution is 7.20. The zero-order valence-corrected chi connectivity index (χ0v) is 16.1. The summed E-state index contributed by atoms with van der Waals surface area (Å²) in [6, 6.07) is 18.6. The van der Waals surface area contributed by atoms with Gasteiger partial charge in [0.05, 0.1) is 27.6 Å². The van der Waals surface area contributed by atoms with Gasteiger partial charge in [-0.25, -0.2) is 5.43 Å². The molecule has 9 heteroatoms. The topological polar surface area (TPSA) is 122 Å². The number of benzene rings is 2. The number of hydrogen-bond acceptors (Lipinski definition) is 7. The largest absolute Gasteiger partial charge is 0.455 e. The molecule has 2 heterocycles. The molecule has 0 unspecified atom stereocenters. The Bertz CT molecular complexity index is 1350. The van der Waals surface area contributed by atoms with Gasteiger partial charge < -0.3 is 4.42 Å². The van der Waals surface area contributed by atoms with E-state index < -0.39 is 10.8 Å². The number of fused-ring (bicyclic) bond motifs is 1. The van der Waals surface area contributed by atoms with E-state index in [-0.39, 0.29) is 5.69 Å². The molecule has 8 nitrogen and oxygen atoms in total. The number of nitriles is 1. The fraction of sp³-hybridized carbons (Fsp3) is 0. The molecule has 0 bridgehead atoms. The molecule has 0 atom stereocenters. The molecular weight excluding hydrogens is 404 g/mol. The van der Waals surface area contributed by atoms with Gasteiger partial charge in [0.1, 0.15) is 11.5 Å². The van der Waals surface area contributed by atoms with Crippen LogP contribution in [0, 0.1) is 21.4 Å². The average molecular weight is 416 g/mol. The van der Waals surface area contributed by atoms with Crippen molar-refractivity contribution in [1.29, 1.82) is 5.26 Å². The number of hydrazone groups is 1. The standard InChI is InChI=1S/C21H12N4O4S/c22-11-13-3-1-2-4-17(13)18-7-6-16(29-18)12-23-24-21(26)20-10-14-9-15(25(27)28)5-8-19(14)30-20/h1-10,12H,(H,24,26)/b23-12-. The summed E-state index contributed by atoms with van der Waals surface area (Å²) in [4.78, 5) is 23.1. The molecule has 0 radical (unpaired) electrons. The lowest BCUT2D eigenvalue weighted by Gasteiger charge is -1.98. The van der Waals surface area contributed by atoms with Gasteiger partial charge in [-0.3, -0.25) is 14.9 Å². The molecule has 4 rings (SSSR count). The second-order valence-corrected chi connectivity index (χ2v) is 7.23. The van der Waals surface area contributed by atoms with Crippen LogP contribution >= 0.6 is 11.3 Å². The van der Waals surface area contributed by atoms with Gasteiger partial charge in [0.25, 0.3) is 11.6 Å². The number of nitrogens with zero attached hydrogens (tertiary/aromatic N) is 3. The highest BCUT2D eigenvalue weighted by Gasteiger charge is 2.13. The Hall–Kier alpha value is -4.29. The smallest absolute Gasteiger partial charge is 0.281 e. The number of nitrogens with one attached hydrogen (secondary N) is 1. The van der Waals surface area contributed by atoms with Crippen LogP contribution in [0.4, 0.5) is 5.69 Å². The maximum absolute atomic E-state index is 12.3. The second kappa shape index (κ2) is 7.98. The predicted molar refractivity (Wildman–Crippen MR) is 112 cm³/mol. The molecule has 1 N–H and O–H groups in total. The number of non-ortho nitro benzene ring substituents is 1. The number of hydrogen-bond donors (Lipinski definition) is 1. The van der Waals surface area contributed by atoms with E-state index in [9.17, 15) is 20.2 Å². The SMILES string of the molecule is N#Cc1ccccc1-c1ccc(/C=N\NC(=O)c2cc3cc([N+](=O)[O-])ccc3s2)o1. The number of thiophene rings is 1. The van der Waals surface area contributed by atoms with E-state index in [4.69, 9.17) is 4.42 Å². The van der Waals surface area contributed by atoms with Crippen LogP contribution in [0.3, 0.4) is 0 Å². The molecule has 1 amide bonds. The van der Waals surface area contributed by atoms with E-state index >= 15 is 0 Å². The van der Waals surface area contributed by atoms with Crippen molar-refractivity contribution >= 4 is 39.2 Å². The van der Waals surface area contributed by atoms with E-state index in [1.807, 2.05) is 6.07 Å². The molecule has 4 aromatic rings. The number of nitro groups is 1. The molecule has 0 spiro atoms. The lowest BCUT2D eigenvalue weighted by molar-refractivity contribution is -0.384. The number of carbonyl (C=O) groups excluding carboxylic acids is 1. The predicted octanol–water partition coefficient (Wildman–Crippen LogP) is 4.71. The molecule has 30 heavy (non-hydrogen) atoms. The maximum Gasteiger partial charge on any atom is 0.281 e. The van der Waals surface area contributed by atoms with Gasteiger partial charge in [0.2, 0.25) is 0 Å². The molecule has 0 saturated heterocycles. The van der Waals surface area contributed by atoms with Crippen LogP contribution in [0.25, 0.3) is 21.4 Å². The van der Waals surface area contributed by atoms with Gasteiger partial charge in [-0.1, -0.05) is 12.1 Å². The van der Waals surface area contributed by atoms with Crippen molar-refractivity contribution in [2.75, 3.05) is 0 Å². The quantitative estimate of drug-likeness (QED) is 0.287. The van der Waals surface area contributed by atoms with Gasteiger partial charge >= 0.3 is 0 Å². The Kier molecular flexibility index (Phi) is 5.07. The Labute approximate surface area is 173 Å². The third-order valence-electron chi connectivity index (χ3n) is 4.23. The average Bonchev–Trinajstić information content (AvgIpc) is 3.40. The number of amides is 1. The van der Waals surface area contributed by atoms with E-state index in [0.29, 0.717) is 32.9 Å². The summed E-state index contributed by atoms with van der Waals surface area (Å²) in [6.07, 6.45) is 1.36. The molecule has 0 aliphatic rings. The van der Waals surface area contributed by atoms with Crippen LogP contribution in [-0.4, -0.2) is 17.0 Å². The maximum atomic E-state index is 12.3. The molecule has 2 aromatic heterocycles. The first-order valence-electron chi connectivity index (χ1n) is 8.66. The molecular formula is C21H12N4O4S. The van der Waals surface area contributed by atoms with E-state index in [1.54, 1.807) is 42.5 Å². The van der Waals surface area contributed by atoms with Crippen molar-refractivity contribution in [3.05, 3.63) is 87.0 Å². The van der Waals surface area contributed by atoms with Crippen LogP contribution in [0.1, 0.15) is 21.0 Å². The van der Waals surface area contributed by atoms with Crippen LogP contribution in [0.5, 0.6) is 0 Å². The van der Waals surface area contributed by atoms with Crippen molar-refractivity contribution in [1.82, 2.24) is 5.43 Å². The molecule has 0 aliphatic carbocycles. The van der Waals surface area contributed by atoms with Gasteiger partial charge in [-0.2, -0.15) is 10.4 Å². The van der Waals surface area contributed by atoms with Gasteiger partial charge in [-0.15, -0.1) is 11.3 Å². The van der Waals surface area contributed by atoms with Crippen molar-refractivity contribution in [3.8, 4) is 17.4 Å². The van der Waals surface area contributed by atoms with Crippen molar-refractivity contribution in [2.24, 2.45) is 5.10 Å². The van der Waals surface area contributed by atoms with E-state index in [1.165, 1.54) is 29.7 Å². The van der Waals surface area contributed by atoms with Gasteiger partial charge in [0.15, 0.2) is 0 Å². The van der Waals surface area contributed by atoms with Gasteiger partial charge in [-0.05, 0) is 36.4 Å². The monoisotopic (exact) mass is 416 g/mol. The molecule has 146 valence electrons. The molecule has 0 saturated carbocycles. The van der Waals surface area contributed by atoms with Crippen LogP contribution in [-0.2, 0) is 0 Å². The Morgan fingerprint density at radius 1 is 1.20 bits per heavy atom. The summed E-state index contributed by atoms with van der Waals surface area (Å²) in [5.74, 6) is 0.493. The van der Waals surface area contributed by atoms with Crippen molar-refractivity contribution in [2.45, 2.75) is 0 Å². The third-order valence-corrected chi connectivity index (χ3v) is 5.35. The lowest BCUT2D eigenvalue weighted by atomic mass is 10.1. The summed E-state index contributed by atoms with van der Waals surface area (Å²) < 4.78 is 6.44.